The van der Waals surface area contributed by atoms with Crippen LogP contribution in [0.25, 0.3) is 0 Å². The minimum atomic E-state index is -0.838. The third kappa shape index (κ3) is 6.72. The van der Waals surface area contributed by atoms with E-state index in [1.807, 2.05) is 0 Å². The number of carboxylic acids is 1. The maximum atomic E-state index is 11.0. The molecule has 0 heterocycles. The molecule has 0 saturated heterocycles. The van der Waals surface area contributed by atoms with Crippen LogP contribution in [-0.2, 0) is 9.59 Å². The van der Waals surface area contributed by atoms with Crippen LogP contribution in [0.4, 0.5) is 0 Å². The Morgan fingerprint density at radius 2 is 0.962 bits per heavy atom. The van der Waals surface area contributed by atoms with Crippen molar-refractivity contribution in [3.8, 4) is 0 Å². The van der Waals surface area contributed by atoms with E-state index < -0.39 is 5.97 Å². The molecule has 0 aromatic rings. The summed E-state index contributed by atoms with van der Waals surface area (Å²) in [7, 11) is 0. The van der Waals surface area contributed by atoms with E-state index in [9.17, 15) is 14.7 Å². The molecule has 0 spiro atoms. The molecule has 1 N–H and O–H groups in total. The fourth-order valence-electron chi connectivity index (χ4n) is 5.62. The summed E-state index contributed by atoms with van der Waals surface area (Å²) in [6.07, 6.45) is 16.0. The van der Waals surface area contributed by atoms with Gasteiger partial charge in [-0.3, -0.25) is 6.29 Å². The van der Waals surface area contributed by atoms with Gasteiger partial charge in [0.05, 0.1) is 0 Å². The van der Waals surface area contributed by atoms with Gasteiger partial charge in [0.15, 0.2) is 0 Å². The van der Waals surface area contributed by atoms with Crippen LogP contribution in [-0.4, -0.2) is 17.7 Å². The van der Waals surface area contributed by atoms with Crippen LogP contribution >= 0.6 is 0 Å². The minimum Gasteiger partial charge on any atom is -0.870 e. The van der Waals surface area contributed by atoms with Crippen molar-refractivity contribution >= 4 is 12.3 Å². The van der Waals surface area contributed by atoms with Crippen LogP contribution in [0.5, 0.6) is 0 Å². The fourth-order valence-corrected chi connectivity index (χ4v) is 5.62. The van der Waals surface area contributed by atoms with Crippen LogP contribution in [0.3, 0.4) is 0 Å². The van der Waals surface area contributed by atoms with Crippen molar-refractivity contribution in [3.63, 3.8) is 0 Å². The topological polar surface area (TPSA) is 87.2 Å². The minimum absolute atomic E-state index is 0. The second kappa shape index (κ2) is 12.7. The summed E-state index contributed by atoms with van der Waals surface area (Å²) < 4.78 is 0. The van der Waals surface area contributed by atoms with Gasteiger partial charge in [-0.05, 0) is 81.0 Å². The predicted molar refractivity (Wildman–Crippen MR) is 89.0 cm³/mol. The van der Waals surface area contributed by atoms with Crippen molar-refractivity contribution < 1.29 is 57.9 Å². The molecule has 0 aromatic carbocycles. The molecule has 3 rings (SSSR count). The summed E-state index contributed by atoms with van der Waals surface area (Å²) in [6.45, 7) is 0. The Balaban J connectivity index is 0.00000208. The number of rotatable bonds is 4. The predicted octanol–water partition coefficient (Wildman–Crippen LogP) is -2.90. The number of hydrogen-bond donors (Lipinski definition) is 0. The van der Waals surface area contributed by atoms with Gasteiger partial charge in [0, 0.05) is 5.97 Å². The Morgan fingerprint density at radius 3 is 1.27 bits per heavy atom. The van der Waals surface area contributed by atoms with Gasteiger partial charge in [-0.2, -0.15) is 0 Å². The molecule has 3 fully saturated rings. The maximum absolute atomic E-state index is 11.0. The molecule has 0 aliphatic heterocycles. The van der Waals surface area contributed by atoms with Gasteiger partial charge in [-0.15, -0.1) is 5.92 Å². The molecule has 3 aliphatic rings. The first kappa shape index (κ1) is 26.3. The van der Waals surface area contributed by atoms with Gasteiger partial charge in [0.25, 0.3) is 0 Å². The molecular weight excluding hydrogens is 318 g/mol. The first-order valence-electron chi connectivity index (χ1n) is 9.76. The SMILES string of the molecule is O=[C-]C1CCC(C2CCC(C3CCC(C(=O)[O-])CC3)CC2)CC1.[Li+].[Li+].[OH-]. The van der Waals surface area contributed by atoms with Crippen LogP contribution in [0.2, 0.25) is 0 Å². The molecular formula is C20H31Li2O4-. The zero-order chi connectivity index (χ0) is 16.2. The summed E-state index contributed by atoms with van der Waals surface area (Å²) in [4.78, 5) is 21.7. The second-order valence-electron chi connectivity index (χ2n) is 8.34. The van der Waals surface area contributed by atoms with Gasteiger partial charge in [0.2, 0.25) is 0 Å². The van der Waals surface area contributed by atoms with Crippen LogP contribution < -0.4 is 42.8 Å². The molecule has 138 valence electrons. The van der Waals surface area contributed by atoms with Gasteiger partial charge in [0.1, 0.15) is 0 Å². The molecule has 0 unspecified atom stereocenters. The summed E-state index contributed by atoms with van der Waals surface area (Å²) >= 11 is 0. The monoisotopic (exact) mass is 349 g/mol. The van der Waals surface area contributed by atoms with Crippen LogP contribution in [0, 0.1) is 35.5 Å². The first-order valence-corrected chi connectivity index (χ1v) is 9.76. The molecule has 3 aliphatic carbocycles. The average Bonchev–Trinajstić information content (AvgIpc) is 2.62. The van der Waals surface area contributed by atoms with E-state index in [0.717, 1.165) is 62.2 Å². The van der Waals surface area contributed by atoms with Crippen molar-refractivity contribution in [2.24, 2.45) is 35.5 Å². The molecule has 3 saturated carbocycles. The van der Waals surface area contributed by atoms with E-state index in [0.29, 0.717) is 0 Å². The third-order valence-corrected chi connectivity index (χ3v) is 7.19. The Bertz CT molecular complexity index is 408. The molecule has 0 atom stereocenters. The largest absolute Gasteiger partial charge is 1.00 e. The molecule has 0 amide bonds. The standard InChI is InChI=1S/C20H31O3.2Li.H2O/c21-13-14-1-3-15(4-2-14)16-5-7-17(8-6-16)18-9-11-19(12-10-18)20(22)23;;;/h14-19H,1-12H2,(H,22,23);;;1H2/q-1;2*+1;/p-2. The summed E-state index contributed by atoms with van der Waals surface area (Å²) in [5.41, 5.74) is 0. The van der Waals surface area contributed by atoms with Gasteiger partial charge in [-0.1, -0.05) is 25.7 Å². The van der Waals surface area contributed by atoms with E-state index in [4.69, 9.17) is 0 Å². The van der Waals surface area contributed by atoms with E-state index in [1.54, 1.807) is 0 Å². The van der Waals surface area contributed by atoms with Crippen LogP contribution in [0.15, 0.2) is 0 Å². The molecule has 26 heavy (non-hydrogen) atoms. The number of aliphatic carboxylic acids is 1. The van der Waals surface area contributed by atoms with Crippen LogP contribution in [0.1, 0.15) is 77.0 Å². The van der Waals surface area contributed by atoms with Gasteiger partial charge < -0.3 is 20.2 Å². The summed E-state index contributed by atoms with van der Waals surface area (Å²) in [5, 5.41) is 11.0. The number of hydrogen-bond acceptors (Lipinski definition) is 4. The molecule has 0 bridgehead atoms. The Hall–Kier alpha value is 0.295. The normalized spacial score (nSPS) is 37.2. The smallest absolute Gasteiger partial charge is 0.870 e. The Morgan fingerprint density at radius 1 is 0.654 bits per heavy atom. The van der Waals surface area contributed by atoms with E-state index in [-0.39, 0.29) is 55.0 Å². The van der Waals surface area contributed by atoms with Crippen molar-refractivity contribution in [3.05, 3.63) is 0 Å². The molecule has 6 heteroatoms. The number of carboxylic acid groups (broad SMARTS) is 1. The van der Waals surface area contributed by atoms with Gasteiger partial charge >= 0.3 is 37.7 Å². The summed E-state index contributed by atoms with van der Waals surface area (Å²) in [5.74, 6) is 2.48. The van der Waals surface area contributed by atoms with Crippen molar-refractivity contribution in [1.82, 2.24) is 0 Å². The summed E-state index contributed by atoms with van der Waals surface area (Å²) in [6, 6.07) is 0. The zero-order valence-electron chi connectivity index (χ0n) is 16.6. The first-order chi connectivity index (χ1) is 11.2. The van der Waals surface area contributed by atoms with E-state index in [1.165, 1.54) is 38.5 Å². The molecule has 4 nitrogen and oxygen atoms in total. The maximum Gasteiger partial charge on any atom is 1.00 e. The quantitative estimate of drug-likeness (QED) is 0.402. The third-order valence-electron chi connectivity index (χ3n) is 7.19. The second-order valence-corrected chi connectivity index (χ2v) is 8.34. The Kier molecular flexibility index (Phi) is 12.8. The Labute approximate surface area is 182 Å². The molecule has 0 radical (unpaired) electrons. The van der Waals surface area contributed by atoms with Crippen molar-refractivity contribution in [2.45, 2.75) is 77.0 Å². The average molecular weight is 349 g/mol. The van der Waals surface area contributed by atoms with E-state index >= 15 is 0 Å². The fraction of sp³-hybridized carbons (Fsp3) is 0.900. The molecule has 0 aromatic heterocycles. The number of carbonyl (C=O) groups is 1. The number of carbonyl (C=O) groups excluding carboxylic acids is 2. The van der Waals surface area contributed by atoms with E-state index in [2.05, 4.69) is 6.29 Å². The van der Waals surface area contributed by atoms with Crippen molar-refractivity contribution in [2.75, 3.05) is 0 Å². The van der Waals surface area contributed by atoms with Crippen molar-refractivity contribution in [1.29, 1.82) is 0 Å². The van der Waals surface area contributed by atoms with Gasteiger partial charge in [-0.25, -0.2) is 0 Å². The zero-order valence-corrected chi connectivity index (χ0v) is 16.6.